The van der Waals surface area contributed by atoms with Crippen molar-refractivity contribution < 1.29 is 19.1 Å². The second kappa shape index (κ2) is 9.97. The summed E-state index contributed by atoms with van der Waals surface area (Å²) >= 11 is 0. The minimum atomic E-state index is -0.414. The van der Waals surface area contributed by atoms with E-state index < -0.39 is 5.60 Å². The highest BCUT2D eigenvalue weighted by Gasteiger charge is 2.49. The molecule has 4 saturated heterocycles. The molecule has 1 N–H and O–H groups in total. The first-order chi connectivity index (χ1) is 16.4. The molecule has 2 amide bonds. The van der Waals surface area contributed by atoms with Crippen molar-refractivity contribution in [2.45, 2.75) is 96.3 Å². The Kier molecular flexibility index (Phi) is 7.34. The van der Waals surface area contributed by atoms with Crippen LogP contribution in [0.4, 0.5) is 9.59 Å². The number of likely N-dealkylation sites (tertiary alicyclic amines) is 3. The van der Waals surface area contributed by atoms with E-state index >= 15 is 0 Å². The van der Waals surface area contributed by atoms with E-state index in [1.54, 1.807) is 0 Å². The summed E-state index contributed by atoms with van der Waals surface area (Å²) in [6.45, 7) is 16.0. The Bertz CT molecular complexity index is 895. The van der Waals surface area contributed by atoms with Crippen molar-refractivity contribution in [3.8, 4) is 0 Å². The van der Waals surface area contributed by atoms with Crippen molar-refractivity contribution in [1.82, 2.24) is 20.0 Å². The monoisotopic (exact) mass is 486 g/mol. The molecule has 0 spiro atoms. The Hall–Kier alpha value is -2.32. The number of amides is 2. The number of hydrogen-bond acceptors (Lipinski definition) is 6. The highest BCUT2D eigenvalue weighted by molar-refractivity contribution is 5.70. The minimum absolute atomic E-state index is 0.158. The zero-order valence-electron chi connectivity index (χ0n) is 22.1. The van der Waals surface area contributed by atoms with Crippen LogP contribution in [0.15, 0.2) is 30.3 Å². The molecule has 5 rings (SSSR count). The normalized spacial score (nSPS) is 27.6. The molecule has 1 aromatic carbocycles. The van der Waals surface area contributed by atoms with Gasteiger partial charge >= 0.3 is 12.2 Å². The topological polar surface area (TPSA) is 74.4 Å². The molecule has 4 atom stereocenters. The molecule has 8 heteroatoms. The fourth-order valence-electron chi connectivity index (χ4n) is 5.32. The van der Waals surface area contributed by atoms with Gasteiger partial charge in [0.05, 0.1) is 12.1 Å². The Morgan fingerprint density at radius 3 is 2.09 bits per heavy atom. The van der Waals surface area contributed by atoms with E-state index in [1.807, 2.05) is 57.4 Å². The number of benzene rings is 1. The standard InChI is InChI=1S/C17H24N2O2.C10H18N2O2/c1-17(2,3)21-16(20)19-10-9-14-15(19)12-18(14)11-13-7-5-4-6-8-13;1-10(2,3)14-9(13)12-6-7-8(12)4-5-11-7/h4-8,14-15H,9-12H2,1-3H3;7-8,11H,4-6H2,1-3H3/t14-,15-;7-,8-/m11/s1. The van der Waals surface area contributed by atoms with Gasteiger partial charge in [-0.1, -0.05) is 30.3 Å². The highest BCUT2D eigenvalue weighted by Crippen LogP contribution is 2.34. The van der Waals surface area contributed by atoms with Gasteiger partial charge in [-0.3, -0.25) is 4.90 Å². The molecule has 0 radical (unpaired) electrons. The molecule has 4 fully saturated rings. The lowest BCUT2D eigenvalue weighted by atomic mass is 9.96. The van der Waals surface area contributed by atoms with Gasteiger partial charge in [0.15, 0.2) is 0 Å². The molecule has 0 aromatic heterocycles. The first-order valence-electron chi connectivity index (χ1n) is 12.9. The Balaban J connectivity index is 0.000000179. The molecular weight excluding hydrogens is 444 g/mol. The maximum atomic E-state index is 12.2. The molecule has 1 aromatic rings. The maximum Gasteiger partial charge on any atom is 0.410 e. The maximum absolute atomic E-state index is 12.2. The summed E-state index contributed by atoms with van der Waals surface area (Å²) in [5, 5.41) is 3.35. The van der Waals surface area contributed by atoms with E-state index in [2.05, 4.69) is 34.5 Å². The van der Waals surface area contributed by atoms with Crippen LogP contribution < -0.4 is 5.32 Å². The zero-order valence-corrected chi connectivity index (χ0v) is 22.1. The third-order valence-electron chi connectivity index (χ3n) is 6.99. The van der Waals surface area contributed by atoms with Crippen LogP contribution in [0.1, 0.15) is 59.9 Å². The summed E-state index contributed by atoms with van der Waals surface area (Å²) in [4.78, 5) is 30.1. The van der Waals surface area contributed by atoms with Crippen molar-refractivity contribution >= 4 is 12.2 Å². The van der Waals surface area contributed by atoms with Crippen molar-refractivity contribution in [3.63, 3.8) is 0 Å². The highest BCUT2D eigenvalue weighted by atomic mass is 16.6. The van der Waals surface area contributed by atoms with Crippen LogP contribution in [0.2, 0.25) is 0 Å². The van der Waals surface area contributed by atoms with Crippen LogP contribution in [0.5, 0.6) is 0 Å². The predicted molar refractivity (Wildman–Crippen MR) is 135 cm³/mol. The molecule has 0 unspecified atom stereocenters. The minimum Gasteiger partial charge on any atom is -0.444 e. The molecule has 4 aliphatic heterocycles. The van der Waals surface area contributed by atoms with Gasteiger partial charge in [0.25, 0.3) is 0 Å². The second-order valence-corrected chi connectivity index (χ2v) is 12.1. The summed E-state index contributed by atoms with van der Waals surface area (Å²) in [5.74, 6) is 0. The number of rotatable bonds is 2. The van der Waals surface area contributed by atoms with Gasteiger partial charge < -0.3 is 24.6 Å². The van der Waals surface area contributed by atoms with Crippen LogP contribution in [0.25, 0.3) is 0 Å². The van der Waals surface area contributed by atoms with Gasteiger partial charge in [-0.2, -0.15) is 0 Å². The number of hydrogen-bond donors (Lipinski definition) is 1. The molecule has 4 aliphatic rings. The van der Waals surface area contributed by atoms with E-state index in [9.17, 15) is 9.59 Å². The quantitative estimate of drug-likeness (QED) is 0.685. The first-order valence-corrected chi connectivity index (χ1v) is 12.9. The number of nitrogens with one attached hydrogen (secondary N) is 1. The van der Waals surface area contributed by atoms with Crippen LogP contribution >= 0.6 is 0 Å². The summed E-state index contributed by atoms with van der Waals surface area (Å²) in [5.41, 5.74) is 0.545. The molecule has 35 heavy (non-hydrogen) atoms. The lowest BCUT2D eigenvalue weighted by Crippen LogP contribution is -2.63. The molecule has 194 valence electrons. The fraction of sp³-hybridized carbons (Fsp3) is 0.704. The summed E-state index contributed by atoms with van der Waals surface area (Å²) < 4.78 is 10.8. The van der Waals surface area contributed by atoms with Crippen molar-refractivity contribution in [1.29, 1.82) is 0 Å². The Morgan fingerprint density at radius 2 is 1.49 bits per heavy atom. The predicted octanol–water partition coefficient (Wildman–Crippen LogP) is 3.85. The van der Waals surface area contributed by atoms with Crippen molar-refractivity contribution in [2.75, 3.05) is 26.2 Å². The summed E-state index contributed by atoms with van der Waals surface area (Å²) in [6, 6.07) is 12.3. The number of nitrogens with zero attached hydrogens (tertiary/aromatic N) is 3. The third-order valence-corrected chi connectivity index (χ3v) is 6.99. The van der Waals surface area contributed by atoms with E-state index in [-0.39, 0.29) is 17.8 Å². The van der Waals surface area contributed by atoms with Crippen LogP contribution in [-0.2, 0) is 16.0 Å². The lowest BCUT2D eigenvalue weighted by molar-refractivity contribution is -0.0135. The largest absolute Gasteiger partial charge is 0.444 e. The smallest absolute Gasteiger partial charge is 0.410 e. The summed E-state index contributed by atoms with van der Waals surface area (Å²) in [7, 11) is 0. The van der Waals surface area contributed by atoms with Gasteiger partial charge in [-0.25, -0.2) is 9.59 Å². The second-order valence-electron chi connectivity index (χ2n) is 12.1. The van der Waals surface area contributed by atoms with Gasteiger partial charge in [0.1, 0.15) is 11.2 Å². The molecule has 0 saturated carbocycles. The number of fused-ring (bicyclic) bond motifs is 2. The lowest BCUT2D eigenvalue weighted by Gasteiger charge is -2.46. The van der Waals surface area contributed by atoms with Crippen molar-refractivity contribution in [2.24, 2.45) is 0 Å². The van der Waals surface area contributed by atoms with Crippen molar-refractivity contribution in [3.05, 3.63) is 35.9 Å². The van der Waals surface area contributed by atoms with Gasteiger partial charge in [-0.15, -0.1) is 0 Å². The molecular formula is C27H42N4O4. The average molecular weight is 487 g/mol. The Morgan fingerprint density at radius 1 is 0.857 bits per heavy atom. The van der Waals surface area contributed by atoms with Gasteiger partial charge in [0.2, 0.25) is 0 Å². The van der Waals surface area contributed by atoms with Crippen LogP contribution in [-0.4, -0.2) is 88.4 Å². The number of ether oxygens (including phenoxy) is 2. The van der Waals surface area contributed by atoms with Crippen LogP contribution in [0, 0.1) is 0 Å². The van der Waals surface area contributed by atoms with E-state index in [1.165, 1.54) is 5.56 Å². The zero-order chi connectivity index (χ0) is 25.4. The fourth-order valence-corrected chi connectivity index (χ4v) is 5.32. The average Bonchev–Trinajstić information content (AvgIpc) is 3.24. The third kappa shape index (κ3) is 6.28. The van der Waals surface area contributed by atoms with E-state index in [0.29, 0.717) is 24.2 Å². The van der Waals surface area contributed by atoms with E-state index in [0.717, 1.165) is 45.6 Å². The Labute approximate surface area is 209 Å². The number of carbonyl (C=O) groups is 2. The van der Waals surface area contributed by atoms with E-state index in [4.69, 9.17) is 9.47 Å². The molecule has 0 aliphatic carbocycles. The summed E-state index contributed by atoms with van der Waals surface area (Å²) in [6.07, 6.45) is 1.79. The molecule has 0 bridgehead atoms. The number of carbonyl (C=O) groups excluding carboxylic acids is 2. The van der Waals surface area contributed by atoms with Gasteiger partial charge in [-0.05, 0) is 66.5 Å². The molecule has 4 heterocycles. The first kappa shape index (κ1) is 25.8. The molecule has 8 nitrogen and oxygen atoms in total. The SMILES string of the molecule is CC(C)(C)OC(=O)N1CC[C@@H]2[C@H]1CN2Cc1ccccc1.CC(C)(C)OC(=O)N1C[C@H]2NCC[C@H]21. The van der Waals surface area contributed by atoms with Crippen LogP contribution in [0.3, 0.4) is 0 Å². The van der Waals surface area contributed by atoms with Gasteiger partial charge in [0, 0.05) is 38.3 Å².